The van der Waals surface area contributed by atoms with Gasteiger partial charge in [-0.2, -0.15) is 0 Å². The number of nitrogens with one attached hydrogen (secondary N) is 2. The molecule has 1 aliphatic rings. The van der Waals surface area contributed by atoms with Crippen LogP contribution in [0.15, 0.2) is 77.8 Å². The van der Waals surface area contributed by atoms with Crippen LogP contribution in [0.4, 0.5) is 0 Å². The van der Waals surface area contributed by atoms with E-state index in [1.54, 1.807) is 25.3 Å². The topological polar surface area (TPSA) is 72.0 Å². The highest BCUT2D eigenvalue weighted by Gasteiger charge is 2.14. The fraction of sp³-hybridized carbons (Fsp3) is 0.231. The lowest BCUT2D eigenvalue weighted by atomic mass is 10.1. The molecule has 0 atom stereocenters. The number of amidine groups is 1. The predicted octanol–water partition coefficient (Wildman–Crippen LogP) is 3.94. The molecule has 4 rings (SSSR count). The average molecular weight is 430 g/mol. The summed E-state index contributed by atoms with van der Waals surface area (Å²) in [6.07, 6.45) is 0.794. The number of carbonyl (C=O) groups excluding carboxylic acids is 1. The van der Waals surface area contributed by atoms with Crippen molar-refractivity contribution in [3.05, 3.63) is 95.1 Å². The minimum absolute atomic E-state index is 0.138. The van der Waals surface area contributed by atoms with Crippen molar-refractivity contribution < 1.29 is 14.3 Å². The maximum absolute atomic E-state index is 12.5. The number of methoxy groups -OCH3 is 1. The smallest absolute Gasteiger partial charge is 0.251 e. The molecule has 0 aromatic heterocycles. The molecule has 0 unspecified atom stereocenters. The van der Waals surface area contributed by atoms with E-state index in [0.29, 0.717) is 30.2 Å². The average Bonchev–Trinajstić information content (AvgIpc) is 3.26. The number of hydrogen-bond acceptors (Lipinski definition) is 5. The molecular weight excluding hydrogens is 402 g/mol. The molecule has 0 saturated heterocycles. The van der Waals surface area contributed by atoms with Crippen LogP contribution in [0.25, 0.3) is 0 Å². The van der Waals surface area contributed by atoms with Gasteiger partial charge in [-0.25, -0.2) is 0 Å². The van der Waals surface area contributed by atoms with Gasteiger partial charge in [-0.15, -0.1) is 0 Å². The molecular formula is C26H27N3O3. The van der Waals surface area contributed by atoms with Gasteiger partial charge in [0.25, 0.3) is 5.91 Å². The molecule has 0 aliphatic carbocycles. The highest BCUT2D eigenvalue weighted by atomic mass is 16.5. The summed E-state index contributed by atoms with van der Waals surface area (Å²) in [5, 5.41) is 6.32. The van der Waals surface area contributed by atoms with Gasteiger partial charge in [-0.1, -0.05) is 54.6 Å². The number of hydrogen-bond donors (Lipinski definition) is 2. The molecule has 0 bridgehead atoms. The van der Waals surface area contributed by atoms with Crippen molar-refractivity contribution in [2.45, 2.75) is 19.6 Å². The lowest BCUT2D eigenvalue weighted by Gasteiger charge is -2.13. The summed E-state index contributed by atoms with van der Waals surface area (Å²) in [4.78, 5) is 17.1. The summed E-state index contributed by atoms with van der Waals surface area (Å²) >= 11 is 0. The number of rotatable bonds is 9. The van der Waals surface area contributed by atoms with E-state index in [0.717, 1.165) is 30.9 Å². The zero-order valence-electron chi connectivity index (χ0n) is 18.1. The van der Waals surface area contributed by atoms with Crippen LogP contribution in [-0.2, 0) is 13.2 Å². The zero-order chi connectivity index (χ0) is 22.2. The van der Waals surface area contributed by atoms with Gasteiger partial charge >= 0.3 is 0 Å². The first-order chi connectivity index (χ1) is 15.7. The number of amides is 1. The highest BCUT2D eigenvalue weighted by molar-refractivity contribution is 6.01. The molecule has 164 valence electrons. The summed E-state index contributed by atoms with van der Waals surface area (Å²) in [5.74, 6) is 1.94. The van der Waals surface area contributed by atoms with Crippen LogP contribution in [-0.4, -0.2) is 31.9 Å². The SMILES string of the molecule is COc1cc(C(=O)NCCCNC2=NCc3ccccc32)ccc1OCc1ccccc1. The van der Waals surface area contributed by atoms with E-state index in [4.69, 9.17) is 9.47 Å². The summed E-state index contributed by atoms with van der Waals surface area (Å²) in [5.41, 5.74) is 4.01. The van der Waals surface area contributed by atoms with Crippen molar-refractivity contribution in [1.82, 2.24) is 10.6 Å². The van der Waals surface area contributed by atoms with Crippen LogP contribution in [0.2, 0.25) is 0 Å². The molecule has 1 amide bonds. The fourth-order valence-electron chi connectivity index (χ4n) is 3.55. The van der Waals surface area contributed by atoms with Crippen LogP contribution < -0.4 is 20.1 Å². The second-order valence-electron chi connectivity index (χ2n) is 7.50. The van der Waals surface area contributed by atoms with Crippen molar-refractivity contribution in [1.29, 1.82) is 0 Å². The third-order valence-corrected chi connectivity index (χ3v) is 5.27. The van der Waals surface area contributed by atoms with Crippen LogP contribution in [0, 0.1) is 0 Å². The Bertz CT molecular complexity index is 1100. The standard InChI is InChI=1S/C26H27N3O3/c1-31-24-16-20(12-13-23(24)32-18-19-8-3-2-4-9-19)26(30)28-15-7-14-27-25-22-11-6-5-10-21(22)17-29-25/h2-6,8-13,16H,7,14-15,17-18H2,1H3,(H,27,29)(H,28,30). The highest BCUT2D eigenvalue weighted by Crippen LogP contribution is 2.29. The van der Waals surface area contributed by atoms with Gasteiger partial charge in [0, 0.05) is 24.2 Å². The van der Waals surface area contributed by atoms with Gasteiger partial charge in [0.05, 0.1) is 13.7 Å². The monoisotopic (exact) mass is 429 g/mol. The number of nitrogens with zero attached hydrogens (tertiary/aromatic N) is 1. The number of carbonyl (C=O) groups is 1. The van der Waals surface area contributed by atoms with E-state index < -0.39 is 0 Å². The Morgan fingerprint density at radius 2 is 1.78 bits per heavy atom. The van der Waals surface area contributed by atoms with Crippen molar-refractivity contribution in [3.8, 4) is 11.5 Å². The Morgan fingerprint density at radius 1 is 0.969 bits per heavy atom. The molecule has 0 spiro atoms. The Hall–Kier alpha value is -3.80. The van der Waals surface area contributed by atoms with E-state index >= 15 is 0 Å². The first kappa shape index (κ1) is 21.4. The molecule has 0 saturated carbocycles. The molecule has 1 aliphatic heterocycles. The van der Waals surface area contributed by atoms with Gasteiger partial charge in [0.1, 0.15) is 12.4 Å². The Kier molecular flexibility index (Phi) is 7.02. The summed E-state index contributed by atoms with van der Waals surface area (Å²) < 4.78 is 11.3. The summed E-state index contributed by atoms with van der Waals surface area (Å²) in [6.45, 7) is 2.46. The zero-order valence-corrected chi connectivity index (χ0v) is 18.1. The third-order valence-electron chi connectivity index (χ3n) is 5.27. The number of benzene rings is 3. The van der Waals surface area contributed by atoms with E-state index in [-0.39, 0.29) is 5.91 Å². The number of ether oxygens (including phenoxy) is 2. The van der Waals surface area contributed by atoms with Gasteiger partial charge in [-0.05, 0) is 35.7 Å². The van der Waals surface area contributed by atoms with Gasteiger partial charge in [0.15, 0.2) is 11.5 Å². The number of fused-ring (bicyclic) bond motifs is 1. The van der Waals surface area contributed by atoms with Crippen molar-refractivity contribution >= 4 is 11.7 Å². The second-order valence-corrected chi connectivity index (χ2v) is 7.50. The molecule has 3 aromatic rings. The number of aliphatic imine (C=N–C) groups is 1. The van der Waals surface area contributed by atoms with E-state index in [2.05, 4.69) is 27.8 Å². The van der Waals surface area contributed by atoms with Crippen LogP contribution in [0.5, 0.6) is 11.5 Å². The van der Waals surface area contributed by atoms with E-state index in [1.165, 1.54) is 11.1 Å². The Morgan fingerprint density at radius 3 is 2.62 bits per heavy atom. The van der Waals surface area contributed by atoms with E-state index in [1.807, 2.05) is 42.5 Å². The molecule has 3 aromatic carbocycles. The first-order valence-corrected chi connectivity index (χ1v) is 10.7. The predicted molar refractivity (Wildman–Crippen MR) is 125 cm³/mol. The van der Waals surface area contributed by atoms with Gasteiger partial charge in [-0.3, -0.25) is 9.79 Å². The van der Waals surface area contributed by atoms with Crippen LogP contribution in [0.1, 0.15) is 33.5 Å². The fourth-order valence-corrected chi connectivity index (χ4v) is 3.55. The Balaban J connectivity index is 1.23. The van der Waals surface area contributed by atoms with Gasteiger partial charge in [0.2, 0.25) is 0 Å². The van der Waals surface area contributed by atoms with E-state index in [9.17, 15) is 4.79 Å². The normalized spacial score (nSPS) is 12.0. The van der Waals surface area contributed by atoms with Crippen molar-refractivity contribution in [2.24, 2.45) is 4.99 Å². The third kappa shape index (κ3) is 5.27. The molecule has 6 nitrogen and oxygen atoms in total. The molecule has 1 heterocycles. The minimum atomic E-state index is -0.138. The summed E-state index contributed by atoms with van der Waals surface area (Å²) in [7, 11) is 1.57. The Labute approximate surface area is 188 Å². The van der Waals surface area contributed by atoms with Crippen molar-refractivity contribution in [2.75, 3.05) is 20.2 Å². The molecule has 0 radical (unpaired) electrons. The van der Waals surface area contributed by atoms with Crippen molar-refractivity contribution in [3.63, 3.8) is 0 Å². The second kappa shape index (κ2) is 10.5. The lowest BCUT2D eigenvalue weighted by molar-refractivity contribution is 0.0953. The molecule has 6 heteroatoms. The van der Waals surface area contributed by atoms with Crippen LogP contribution in [0.3, 0.4) is 0 Å². The minimum Gasteiger partial charge on any atom is -0.493 e. The summed E-state index contributed by atoms with van der Waals surface area (Å²) in [6, 6.07) is 23.4. The maximum atomic E-state index is 12.5. The first-order valence-electron chi connectivity index (χ1n) is 10.7. The largest absolute Gasteiger partial charge is 0.493 e. The molecule has 0 fully saturated rings. The van der Waals surface area contributed by atoms with Gasteiger partial charge < -0.3 is 20.1 Å². The lowest BCUT2D eigenvalue weighted by Crippen LogP contribution is -2.29. The van der Waals surface area contributed by atoms with Crippen LogP contribution >= 0.6 is 0 Å². The molecule has 32 heavy (non-hydrogen) atoms. The molecule has 2 N–H and O–H groups in total. The quantitative estimate of drug-likeness (QED) is 0.506. The maximum Gasteiger partial charge on any atom is 0.251 e.